The first-order chi connectivity index (χ1) is 11.8. The third-order valence-corrected chi connectivity index (χ3v) is 3.82. The molecule has 7 nitrogen and oxygen atoms in total. The molecule has 7 heteroatoms. The molecule has 1 amide bonds. The van der Waals surface area contributed by atoms with Crippen molar-refractivity contribution in [3.05, 3.63) is 63.7 Å². The maximum atomic E-state index is 12.5. The molecule has 0 atom stereocenters. The van der Waals surface area contributed by atoms with Gasteiger partial charge in [-0.05, 0) is 23.8 Å². The van der Waals surface area contributed by atoms with Crippen LogP contribution in [0.3, 0.4) is 0 Å². The maximum absolute atomic E-state index is 12.5. The molecule has 132 valence electrons. The quantitative estimate of drug-likeness (QED) is 0.645. The van der Waals surface area contributed by atoms with Crippen LogP contribution in [0.5, 0.6) is 0 Å². The summed E-state index contributed by atoms with van der Waals surface area (Å²) in [5.74, 6) is -0.343. The minimum absolute atomic E-state index is 0.105. The van der Waals surface area contributed by atoms with Gasteiger partial charge in [0.2, 0.25) is 0 Å². The normalized spacial score (nSPS) is 10.2. The highest BCUT2D eigenvalue weighted by Crippen LogP contribution is 2.24. The fraction of sp³-hybridized carbons (Fsp3) is 0.278. The molecule has 25 heavy (non-hydrogen) atoms. The van der Waals surface area contributed by atoms with Gasteiger partial charge < -0.3 is 15.1 Å². The van der Waals surface area contributed by atoms with Crippen LogP contribution in [-0.4, -0.2) is 39.0 Å². The van der Waals surface area contributed by atoms with Crippen LogP contribution in [-0.2, 0) is 6.54 Å². The van der Waals surface area contributed by atoms with E-state index in [0.29, 0.717) is 12.2 Å². The van der Waals surface area contributed by atoms with Crippen molar-refractivity contribution >= 4 is 23.0 Å². The number of nitro groups is 1. The lowest BCUT2D eigenvalue weighted by molar-refractivity contribution is -0.384. The number of benzene rings is 2. The number of hydrogen-bond acceptors (Lipinski definition) is 5. The molecule has 0 aliphatic carbocycles. The Labute approximate surface area is 147 Å². The van der Waals surface area contributed by atoms with Gasteiger partial charge in [-0.25, -0.2) is 0 Å². The Morgan fingerprint density at radius 2 is 1.68 bits per heavy atom. The van der Waals surface area contributed by atoms with Crippen LogP contribution in [0.1, 0.15) is 15.9 Å². The Morgan fingerprint density at radius 1 is 1.04 bits per heavy atom. The number of rotatable bonds is 6. The van der Waals surface area contributed by atoms with Gasteiger partial charge in [0.1, 0.15) is 0 Å². The van der Waals surface area contributed by atoms with Gasteiger partial charge >= 0.3 is 0 Å². The first-order valence-corrected chi connectivity index (χ1v) is 7.80. The van der Waals surface area contributed by atoms with Crippen molar-refractivity contribution in [1.82, 2.24) is 5.32 Å². The molecule has 0 aromatic heterocycles. The van der Waals surface area contributed by atoms with Gasteiger partial charge in [-0.2, -0.15) is 0 Å². The first-order valence-electron chi connectivity index (χ1n) is 7.80. The highest BCUT2D eigenvalue weighted by molar-refractivity contribution is 6.00. The molecule has 0 aliphatic rings. The van der Waals surface area contributed by atoms with E-state index in [4.69, 9.17) is 0 Å². The SMILES string of the molecule is CN(C)c1ccc(CNC(=O)c2cc([N+](=O)[O-])ccc2N(C)C)cc1. The number of hydrogen-bond donors (Lipinski definition) is 1. The number of carbonyl (C=O) groups is 1. The van der Waals surface area contributed by atoms with Crippen LogP contribution in [0.2, 0.25) is 0 Å². The standard InChI is InChI=1S/C18H22N4O3/c1-20(2)14-7-5-13(6-8-14)12-19-18(23)16-11-15(22(24)25)9-10-17(16)21(3)4/h5-11H,12H2,1-4H3,(H,19,23). The largest absolute Gasteiger partial charge is 0.378 e. The van der Waals surface area contributed by atoms with E-state index in [1.165, 1.54) is 12.1 Å². The molecular formula is C18H22N4O3. The van der Waals surface area contributed by atoms with E-state index in [1.807, 2.05) is 43.3 Å². The zero-order valence-corrected chi connectivity index (χ0v) is 14.8. The number of carbonyl (C=O) groups excluding carboxylic acids is 1. The Balaban J connectivity index is 2.16. The summed E-state index contributed by atoms with van der Waals surface area (Å²) in [6.07, 6.45) is 0. The second-order valence-corrected chi connectivity index (χ2v) is 6.10. The maximum Gasteiger partial charge on any atom is 0.270 e. The number of nitrogens with zero attached hydrogens (tertiary/aromatic N) is 3. The van der Waals surface area contributed by atoms with Gasteiger partial charge in [0.15, 0.2) is 0 Å². The smallest absolute Gasteiger partial charge is 0.270 e. The second kappa shape index (κ2) is 7.65. The van der Waals surface area contributed by atoms with Crippen molar-refractivity contribution < 1.29 is 9.72 Å². The lowest BCUT2D eigenvalue weighted by Crippen LogP contribution is -2.25. The molecule has 1 N–H and O–H groups in total. The monoisotopic (exact) mass is 342 g/mol. The van der Waals surface area contributed by atoms with Crippen molar-refractivity contribution in [3.8, 4) is 0 Å². The summed E-state index contributed by atoms with van der Waals surface area (Å²) in [6.45, 7) is 0.349. The molecular weight excluding hydrogens is 320 g/mol. The number of nitrogens with one attached hydrogen (secondary N) is 1. The summed E-state index contributed by atoms with van der Waals surface area (Å²) in [5.41, 5.74) is 2.83. The van der Waals surface area contributed by atoms with Crippen LogP contribution < -0.4 is 15.1 Å². The van der Waals surface area contributed by atoms with Crippen LogP contribution in [0.25, 0.3) is 0 Å². The Kier molecular flexibility index (Phi) is 5.59. The van der Waals surface area contributed by atoms with Crippen molar-refractivity contribution in [2.45, 2.75) is 6.54 Å². The molecule has 0 spiro atoms. The molecule has 2 aromatic carbocycles. The minimum atomic E-state index is -0.504. The van der Waals surface area contributed by atoms with Crippen LogP contribution in [0.4, 0.5) is 17.1 Å². The van der Waals surface area contributed by atoms with E-state index in [-0.39, 0.29) is 17.2 Å². The molecule has 0 bridgehead atoms. The Bertz CT molecular complexity index is 770. The summed E-state index contributed by atoms with van der Waals surface area (Å²) >= 11 is 0. The van der Waals surface area contributed by atoms with Crippen LogP contribution in [0, 0.1) is 10.1 Å². The fourth-order valence-electron chi connectivity index (χ4n) is 2.40. The summed E-state index contributed by atoms with van der Waals surface area (Å²) in [7, 11) is 7.50. The first kappa shape index (κ1) is 18.3. The highest BCUT2D eigenvalue weighted by atomic mass is 16.6. The van der Waals surface area contributed by atoms with Gasteiger partial charge in [-0.15, -0.1) is 0 Å². The van der Waals surface area contributed by atoms with Gasteiger partial charge in [-0.1, -0.05) is 12.1 Å². The summed E-state index contributed by atoms with van der Waals surface area (Å²) in [5, 5.41) is 13.8. The average molecular weight is 342 g/mol. The van der Waals surface area contributed by atoms with E-state index in [2.05, 4.69) is 5.32 Å². The summed E-state index contributed by atoms with van der Waals surface area (Å²) < 4.78 is 0. The van der Waals surface area contributed by atoms with E-state index in [1.54, 1.807) is 25.1 Å². The van der Waals surface area contributed by atoms with E-state index in [9.17, 15) is 14.9 Å². The van der Waals surface area contributed by atoms with Crippen molar-refractivity contribution in [3.63, 3.8) is 0 Å². The number of amides is 1. The zero-order valence-electron chi connectivity index (χ0n) is 14.8. The Hall–Kier alpha value is -3.09. The molecule has 0 unspecified atom stereocenters. The highest BCUT2D eigenvalue weighted by Gasteiger charge is 2.17. The molecule has 0 radical (unpaired) electrons. The Morgan fingerprint density at radius 3 is 2.20 bits per heavy atom. The summed E-state index contributed by atoms with van der Waals surface area (Å²) in [4.78, 5) is 26.7. The molecule has 2 rings (SSSR count). The van der Waals surface area contributed by atoms with Crippen LogP contribution >= 0.6 is 0 Å². The predicted molar refractivity (Wildman–Crippen MR) is 99.4 cm³/mol. The topological polar surface area (TPSA) is 78.7 Å². The minimum Gasteiger partial charge on any atom is -0.378 e. The molecule has 0 aliphatic heterocycles. The molecule has 0 saturated carbocycles. The molecule has 0 saturated heterocycles. The van der Waals surface area contributed by atoms with Crippen molar-refractivity contribution in [2.75, 3.05) is 38.0 Å². The van der Waals surface area contributed by atoms with Gasteiger partial charge in [0.05, 0.1) is 10.5 Å². The lowest BCUT2D eigenvalue weighted by atomic mass is 10.1. The van der Waals surface area contributed by atoms with E-state index in [0.717, 1.165) is 11.3 Å². The third kappa shape index (κ3) is 4.47. The zero-order chi connectivity index (χ0) is 18.6. The molecule has 0 fully saturated rings. The van der Waals surface area contributed by atoms with Crippen molar-refractivity contribution in [1.29, 1.82) is 0 Å². The fourth-order valence-corrected chi connectivity index (χ4v) is 2.40. The second-order valence-electron chi connectivity index (χ2n) is 6.10. The number of anilines is 2. The van der Waals surface area contributed by atoms with Crippen LogP contribution in [0.15, 0.2) is 42.5 Å². The lowest BCUT2D eigenvalue weighted by Gasteiger charge is -2.17. The van der Waals surface area contributed by atoms with Crippen molar-refractivity contribution in [2.24, 2.45) is 0 Å². The number of nitro benzene ring substituents is 1. The van der Waals surface area contributed by atoms with Gasteiger partial charge in [0.25, 0.3) is 11.6 Å². The van der Waals surface area contributed by atoms with Gasteiger partial charge in [-0.3, -0.25) is 14.9 Å². The van der Waals surface area contributed by atoms with Gasteiger partial charge in [0, 0.05) is 58.2 Å². The predicted octanol–water partition coefficient (Wildman–Crippen LogP) is 2.66. The average Bonchev–Trinajstić information content (AvgIpc) is 2.59. The molecule has 0 heterocycles. The van der Waals surface area contributed by atoms with E-state index >= 15 is 0 Å². The number of non-ortho nitro benzene ring substituents is 1. The third-order valence-electron chi connectivity index (χ3n) is 3.82. The summed E-state index contributed by atoms with van der Waals surface area (Å²) in [6, 6.07) is 12.1. The van der Waals surface area contributed by atoms with E-state index < -0.39 is 4.92 Å². The molecule has 2 aromatic rings.